The Morgan fingerprint density at radius 3 is 2.67 bits per heavy atom. The smallest absolute Gasteiger partial charge is 0.255 e. The molecule has 18 heavy (non-hydrogen) atoms. The van der Waals surface area contributed by atoms with Crippen LogP contribution < -0.4 is 5.32 Å². The number of benzene rings is 1. The van der Waals surface area contributed by atoms with Gasteiger partial charge in [-0.25, -0.2) is 0 Å². The molecule has 1 aliphatic rings. The zero-order chi connectivity index (χ0) is 13.2. The first-order chi connectivity index (χ1) is 8.50. The lowest BCUT2D eigenvalue weighted by molar-refractivity contribution is 0.0449. The minimum Gasteiger partial charge on any atom is -0.507 e. The Balaban J connectivity index is 1.99. The molecule has 2 rings (SSSR count). The Labute approximate surface area is 111 Å². The molecule has 1 aliphatic carbocycles. The molecule has 0 heterocycles. The van der Waals surface area contributed by atoms with Crippen LogP contribution in [0.25, 0.3) is 0 Å². The van der Waals surface area contributed by atoms with Crippen LogP contribution in [-0.2, 0) is 0 Å². The molecule has 1 aromatic carbocycles. The average Bonchev–Trinajstić information content (AvgIpc) is 2.74. The third kappa shape index (κ3) is 2.94. The van der Waals surface area contributed by atoms with Crippen LogP contribution in [0.5, 0.6) is 5.75 Å². The highest BCUT2D eigenvalue weighted by Crippen LogP contribution is 2.29. The highest BCUT2D eigenvalue weighted by atomic mass is 35.5. The molecule has 0 radical (unpaired) electrons. The van der Waals surface area contributed by atoms with E-state index in [0.717, 1.165) is 12.8 Å². The van der Waals surface area contributed by atoms with E-state index in [0.29, 0.717) is 17.9 Å². The van der Waals surface area contributed by atoms with Crippen LogP contribution >= 0.6 is 11.6 Å². The van der Waals surface area contributed by atoms with Gasteiger partial charge in [0.1, 0.15) is 5.75 Å². The molecular weight excluding hydrogens is 254 g/mol. The van der Waals surface area contributed by atoms with Gasteiger partial charge in [0.05, 0.1) is 11.2 Å². The first-order valence-electron chi connectivity index (χ1n) is 5.99. The molecule has 0 bridgehead atoms. The maximum atomic E-state index is 11.9. The van der Waals surface area contributed by atoms with Crippen LogP contribution in [0.2, 0.25) is 5.02 Å². The SMILES string of the molecule is O=C(NCC1(O)CCCC1)c1ccc(Cl)cc1O. The van der Waals surface area contributed by atoms with Crippen LogP contribution in [0.4, 0.5) is 0 Å². The molecule has 1 saturated carbocycles. The molecule has 1 fully saturated rings. The lowest BCUT2D eigenvalue weighted by atomic mass is 10.0. The highest BCUT2D eigenvalue weighted by molar-refractivity contribution is 6.30. The lowest BCUT2D eigenvalue weighted by Gasteiger charge is -2.22. The molecule has 3 N–H and O–H groups in total. The largest absolute Gasteiger partial charge is 0.507 e. The van der Waals surface area contributed by atoms with Crippen molar-refractivity contribution in [1.29, 1.82) is 0 Å². The molecule has 0 aliphatic heterocycles. The highest BCUT2D eigenvalue weighted by Gasteiger charge is 2.31. The minimum atomic E-state index is -0.794. The summed E-state index contributed by atoms with van der Waals surface area (Å²) in [5, 5.41) is 22.7. The number of hydrogen-bond acceptors (Lipinski definition) is 3. The third-order valence-corrected chi connectivity index (χ3v) is 3.55. The summed E-state index contributed by atoms with van der Waals surface area (Å²) >= 11 is 5.69. The predicted molar refractivity (Wildman–Crippen MR) is 68.9 cm³/mol. The molecule has 0 saturated heterocycles. The van der Waals surface area contributed by atoms with E-state index in [9.17, 15) is 15.0 Å². The van der Waals surface area contributed by atoms with Crippen molar-refractivity contribution in [3.8, 4) is 5.75 Å². The molecule has 5 heteroatoms. The Morgan fingerprint density at radius 1 is 1.39 bits per heavy atom. The van der Waals surface area contributed by atoms with E-state index in [2.05, 4.69) is 5.32 Å². The zero-order valence-corrected chi connectivity index (χ0v) is 10.7. The van der Waals surface area contributed by atoms with Gasteiger partial charge in [0.25, 0.3) is 5.91 Å². The van der Waals surface area contributed by atoms with Gasteiger partial charge >= 0.3 is 0 Å². The van der Waals surface area contributed by atoms with Gasteiger partial charge in [-0.05, 0) is 31.0 Å². The Kier molecular flexibility index (Phi) is 3.78. The summed E-state index contributed by atoms with van der Waals surface area (Å²) in [5.74, 6) is -0.553. The van der Waals surface area contributed by atoms with E-state index in [1.807, 2.05) is 0 Å². The minimum absolute atomic E-state index is 0.154. The summed E-state index contributed by atoms with van der Waals surface area (Å²) in [6, 6.07) is 4.33. The molecule has 1 aromatic rings. The Hall–Kier alpha value is -1.26. The van der Waals surface area contributed by atoms with E-state index in [1.54, 1.807) is 6.07 Å². The molecule has 0 aromatic heterocycles. The molecule has 98 valence electrons. The zero-order valence-electron chi connectivity index (χ0n) is 9.95. The number of hydrogen-bond donors (Lipinski definition) is 3. The normalized spacial score (nSPS) is 17.7. The van der Waals surface area contributed by atoms with Crippen molar-refractivity contribution in [2.24, 2.45) is 0 Å². The van der Waals surface area contributed by atoms with E-state index in [1.165, 1.54) is 12.1 Å². The van der Waals surface area contributed by atoms with E-state index >= 15 is 0 Å². The van der Waals surface area contributed by atoms with Gasteiger partial charge in [0, 0.05) is 11.6 Å². The number of halogens is 1. The van der Waals surface area contributed by atoms with Crippen molar-refractivity contribution < 1.29 is 15.0 Å². The van der Waals surface area contributed by atoms with Gasteiger partial charge in [-0.2, -0.15) is 0 Å². The fourth-order valence-electron chi connectivity index (χ4n) is 2.25. The summed E-state index contributed by atoms with van der Waals surface area (Å²) < 4.78 is 0. The van der Waals surface area contributed by atoms with Crippen molar-refractivity contribution in [2.45, 2.75) is 31.3 Å². The number of rotatable bonds is 3. The van der Waals surface area contributed by atoms with Crippen LogP contribution in [0.15, 0.2) is 18.2 Å². The first kappa shape index (κ1) is 13.2. The quantitative estimate of drug-likeness (QED) is 0.787. The number of carbonyl (C=O) groups is 1. The number of aromatic hydroxyl groups is 1. The first-order valence-corrected chi connectivity index (χ1v) is 6.37. The van der Waals surface area contributed by atoms with Gasteiger partial charge in [-0.15, -0.1) is 0 Å². The Morgan fingerprint density at radius 2 is 2.06 bits per heavy atom. The van der Waals surface area contributed by atoms with Gasteiger partial charge in [0.15, 0.2) is 0 Å². The molecular formula is C13H16ClNO3. The fourth-order valence-corrected chi connectivity index (χ4v) is 2.41. The number of carbonyl (C=O) groups excluding carboxylic acids is 1. The number of phenolic OH excluding ortho intramolecular Hbond substituents is 1. The third-order valence-electron chi connectivity index (χ3n) is 3.32. The molecule has 0 unspecified atom stereocenters. The van der Waals surface area contributed by atoms with Crippen LogP contribution in [0, 0.1) is 0 Å². The van der Waals surface area contributed by atoms with Crippen molar-refractivity contribution in [3.05, 3.63) is 28.8 Å². The van der Waals surface area contributed by atoms with Crippen molar-refractivity contribution in [2.75, 3.05) is 6.54 Å². The number of aliphatic hydroxyl groups is 1. The van der Waals surface area contributed by atoms with Gasteiger partial charge < -0.3 is 15.5 Å². The van der Waals surface area contributed by atoms with E-state index in [-0.39, 0.29) is 17.9 Å². The molecule has 4 nitrogen and oxygen atoms in total. The Bertz CT molecular complexity index is 456. The van der Waals surface area contributed by atoms with E-state index in [4.69, 9.17) is 11.6 Å². The van der Waals surface area contributed by atoms with Gasteiger partial charge in [0.2, 0.25) is 0 Å². The molecule has 0 spiro atoms. The van der Waals surface area contributed by atoms with Crippen molar-refractivity contribution in [1.82, 2.24) is 5.32 Å². The molecule has 1 amide bonds. The summed E-state index contributed by atoms with van der Waals surface area (Å²) in [4.78, 5) is 11.9. The van der Waals surface area contributed by atoms with Crippen LogP contribution in [0.1, 0.15) is 36.0 Å². The lowest BCUT2D eigenvalue weighted by Crippen LogP contribution is -2.40. The van der Waals surface area contributed by atoms with Crippen molar-refractivity contribution >= 4 is 17.5 Å². The fraction of sp³-hybridized carbons (Fsp3) is 0.462. The van der Waals surface area contributed by atoms with Crippen molar-refractivity contribution in [3.63, 3.8) is 0 Å². The predicted octanol–water partition coefficient (Wildman–Crippen LogP) is 2.08. The second-order valence-corrected chi connectivity index (χ2v) is 5.21. The maximum Gasteiger partial charge on any atom is 0.255 e. The second kappa shape index (κ2) is 5.16. The topological polar surface area (TPSA) is 69.6 Å². The second-order valence-electron chi connectivity index (χ2n) is 4.78. The van der Waals surface area contributed by atoms with Gasteiger partial charge in [-0.1, -0.05) is 24.4 Å². The molecule has 0 atom stereocenters. The number of phenols is 1. The van der Waals surface area contributed by atoms with E-state index < -0.39 is 11.5 Å². The van der Waals surface area contributed by atoms with Gasteiger partial charge in [-0.3, -0.25) is 4.79 Å². The number of nitrogens with one attached hydrogen (secondary N) is 1. The number of amides is 1. The standard InChI is InChI=1S/C13H16ClNO3/c14-9-3-4-10(11(16)7-9)12(17)15-8-13(18)5-1-2-6-13/h3-4,7,16,18H,1-2,5-6,8H2,(H,15,17). The summed E-state index contributed by atoms with van der Waals surface area (Å²) in [6.45, 7) is 0.216. The summed E-state index contributed by atoms with van der Waals surface area (Å²) in [5.41, 5.74) is -0.626. The summed E-state index contributed by atoms with van der Waals surface area (Å²) in [7, 11) is 0. The summed E-state index contributed by atoms with van der Waals surface area (Å²) in [6.07, 6.45) is 3.39. The average molecular weight is 270 g/mol. The monoisotopic (exact) mass is 269 g/mol. The van der Waals surface area contributed by atoms with Crippen LogP contribution in [0.3, 0.4) is 0 Å². The van der Waals surface area contributed by atoms with Crippen LogP contribution in [-0.4, -0.2) is 28.3 Å². The maximum absolute atomic E-state index is 11.9.